The minimum atomic E-state index is -0.938. The van der Waals surface area contributed by atoms with Gasteiger partial charge in [0, 0.05) is 12.6 Å². The highest BCUT2D eigenvalue weighted by molar-refractivity contribution is 7.12. The van der Waals surface area contributed by atoms with Gasteiger partial charge >= 0.3 is 0 Å². The Morgan fingerprint density at radius 3 is 2.48 bits per heavy atom. The smallest absolute Gasteiger partial charge is 0.261 e. The molecule has 172 valence electrons. The number of carbonyl (C=O) groups is 3. The van der Waals surface area contributed by atoms with Gasteiger partial charge in [-0.1, -0.05) is 49.2 Å². The lowest BCUT2D eigenvalue weighted by Gasteiger charge is -2.31. The van der Waals surface area contributed by atoms with Crippen LogP contribution in [0.1, 0.15) is 52.7 Å². The van der Waals surface area contributed by atoms with E-state index in [1.807, 2.05) is 30.3 Å². The Morgan fingerprint density at radius 1 is 1.03 bits per heavy atom. The Bertz CT molecular complexity index is 1040. The number of thiophene rings is 1. The number of hydrogen-bond donors (Lipinski definition) is 2. The summed E-state index contributed by atoms with van der Waals surface area (Å²) in [5.41, 5.74) is 0.876. The lowest BCUT2D eigenvalue weighted by molar-refractivity contribution is -0.141. The van der Waals surface area contributed by atoms with Gasteiger partial charge in [0.1, 0.15) is 5.76 Å². The molecule has 2 N–H and O–H groups in total. The topological polar surface area (TPSA) is 91.7 Å². The Labute approximate surface area is 196 Å². The molecular weight excluding hydrogens is 438 g/mol. The predicted octanol–water partition coefficient (Wildman–Crippen LogP) is 3.90. The molecule has 1 saturated carbocycles. The van der Waals surface area contributed by atoms with E-state index in [0.717, 1.165) is 31.2 Å². The van der Waals surface area contributed by atoms with Crippen LogP contribution in [0.5, 0.6) is 0 Å². The molecule has 1 aromatic carbocycles. The molecule has 4 rings (SSSR count). The van der Waals surface area contributed by atoms with E-state index in [9.17, 15) is 14.4 Å². The summed E-state index contributed by atoms with van der Waals surface area (Å²) < 4.78 is 5.59. The Balaban J connectivity index is 1.57. The van der Waals surface area contributed by atoms with Crippen molar-refractivity contribution >= 4 is 29.1 Å². The molecule has 1 atom stereocenters. The minimum absolute atomic E-state index is 0.0992. The molecule has 2 heterocycles. The Morgan fingerprint density at radius 2 is 1.82 bits per heavy atom. The number of furan rings is 1. The van der Waals surface area contributed by atoms with Gasteiger partial charge in [-0.05, 0) is 42.0 Å². The largest absolute Gasteiger partial charge is 0.467 e. The number of nitrogens with zero attached hydrogens (tertiary/aromatic N) is 1. The molecule has 8 heteroatoms. The highest BCUT2D eigenvalue weighted by Gasteiger charge is 2.35. The number of rotatable bonds is 9. The van der Waals surface area contributed by atoms with Gasteiger partial charge in [0.25, 0.3) is 11.8 Å². The van der Waals surface area contributed by atoms with Crippen LogP contribution >= 0.6 is 11.3 Å². The first-order chi connectivity index (χ1) is 16.1. The van der Waals surface area contributed by atoms with E-state index in [0.29, 0.717) is 10.6 Å². The molecule has 1 aliphatic carbocycles. The standard InChI is InChI=1S/C25H27N3O4S/c29-22(16-26-24(30)21-13-7-15-33-21)28(17-18-8-2-1-3-9-18)23(20-12-6-14-32-20)25(31)27-19-10-4-5-11-19/h1-3,6-9,12-15,19,23H,4-5,10-11,16-17H2,(H,26,30)(H,27,31)/t23-/m0/s1. The predicted molar refractivity (Wildman–Crippen MR) is 125 cm³/mol. The van der Waals surface area contributed by atoms with E-state index in [1.165, 1.54) is 22.5 Å². The van der Waals surface area contributed by atoms with E-state index in [1.54, 1.807) is 29.6 Å². The van der Waals surface area contributed by atoms with Crippen molar-refractivity contribution in [1.29, 1.82) is 0 Å². The summed E-state index contributed by atoms with van der Waals surface area (Å²) in [4.78, 5) is 41.2. The summed E-state index contributed by atoms with van der Waals surface area (Å²) in [5.74, 6) is -0.570. The fourth-order valence-electron chi connectivity index (χ4n) is 4.08. The molecule has 3 amide bonds. The van der Waals surface area contributed by atoms with Crippen molar-refractivity contribution in [2.45, 2.75) is 44.3 Å². The lowest BCUT2D eigenvalue weighted by Crippen LogP contribution is -2.48. The molecule has 2 aromatic heterocycles. The van der Waals surface area contributed by atoms with Gasteiger partial charge in [0.15, 0.2) is 6.04 Å². The van der Waals surface area contributed by atoms with Crippen LogP contribution in [0.25, 0.3) is 0 Å². The SMILES string of the molecule is O=C(NCC(=O)N(Cc1ccccc1)[C@H](C(=O)NC1CCCC1)c1ccco1)c1cccs1. The maximum Gasteiger partial charge on any atom is 0.261 e. The molecule has 7 nitrogen and oxygen atoms in total. The van der Waals surface area contributed by atoms with Crippen molar-refractivity contribution in [2.75, 3.05) is 6.54 Å². The normalized spacial score (nSPS) is 14.5. The summed E-state index contributed by atoms with van der Waals surface area (Å²) in [6.07, 6.45) is 5.52. The molecule has 33 heavy (non-hydrogen) atoms. The van der Waals surface area contributed by atoms with Gasteiger partial charge in [-0.25, -0.2) is 0 Å². The zero-order chi connectivity index (χ0) is 23.0. The van der Waals surface area contributed by atoms with Crippen LogP contribution in [0, 0.1) is 0 Å². The van der Waals surface area contributed by atoms with E-state index in [4.69, 9.17) is 4.42 Å². The van der Waals surface area contributed by atoms with Crippen molar-refractivity contribution < 1.29 is 18.8 Å². The van der Waals surface area contributed by atoms with Crippen LogP contribution in [-0.2, 0) is 16.1 Å². The Kier molecular flexibility index (Phi) is 7.57. The van der Waals surface area contributed by atoms with Gasteiger partial charge < -0.3 is 20.0 Å². The van der Waals surface area contributed by atoms with Gasteiger partial charge in [-0.15, -0.1) is 11.3 Å². The summed E-state index contributed by atoms with van der Waals surface area (Å²) in [7, 11) is 0. The summed E-state index contributed by atoms with van der Waals surface area (Å²) in [5, 5.41) is 7.58. The number of benzene rings is 1. The van der Waals surface area contributed by atoms with Gasteiger partial charge in [-0.3, -0.25) is 14.4 Å². The van der Waals surface area contributed by atoms with Crippen molar-refractivity contribution in [3.05, 3.63) is 82.4 Å². The van der Waals surface area contributed by atoms with Crippen molar-refractivity contribution in [2.24, 2.45) is 0 Å². The van der Waals surface area contributed by atoms with E-state index in [-0.39, 0.29) is 36.9 Å². The third-order valence-corrected chi connectivity index (χ3v) is 6.60. The second kappa shape index (κ2) is 11.0. The van der Waals surface area contributed by atoms with Crippen LogP contribution in [0.2, 0.25) is 0 Å². The first-order valence-electron chi connectivity index (χ1n) is 11.1. The summed E-state index contributed by atoms with van der Waals surface area (Å²) in [6, 6.07) is 15.5. The second-order valence-corrected chi connectivity index (χ2v) is 9.02. The fraction of sp³-hybridized carbons (Fsp3) is 0.320. The molecule has 0 radical (unpaired) electrons. The number of hydrogen-bond acceptors (Lipinski definition) is 5. The highest BCUT2D eigenvalue weighted by Crippen LogP contribution is 2.26. The molecule has 3 aromatic rings. The van der Waals surface area contributed by atoms with Crippen molar-refractivity contribution in [3.63, 3.8) is 0 Å². The molecule has 0 bridgehead atoms. The molecular formula is C25H27N3O4S. The van der Waals surface area contributed by atoms with Crippen molar-refractivity contribution in [1.82, 2.24) is 15.5 Å². The second-order valence-electron chi connectivity index (χ2n) is 8.08. The van der Waals surface area contributed by atoms with Gasteiger partial charge in [0.2, 0.25) is 5.91 Å². The minimum Gasteiger partial charge on any atom is -0.467 e. The zero-order valence-corrected chi connectivity index (χ0v) is 19.1. The van der Waals surface area contributed by atoms with Gasteiger partial charge in [0.05, 0.1) is 17.7 Å². The lowest BCUT2D eigenvalue weighted by atomic mass is 10.1. The van der Waals surface area contributed by atoms with Crippen molar-refractivity contribution in [3.8, 4) is 0 Å². The monoisotopic (exact) mass is 465 g/mol. The van der Waals surface area contributed by atoms with E-state index in [2.05, 4.69) is 10.6 Å². The first-order valence-corrected chi connectivity index (χ1v) is 12.0. The third kappa shape index (κ3) is 5.90. The average molecular weight is 466 g/mol. The number of amides is 3. The first kappa shape index (κ1) is 22.8. The fourth-order valence-corrected chi connectivity index (χ4v) is 4.72. The maximum absolute atomic E-state index is 13.4. The number of nitrogens with one attached hydrogen (secondary N) is 2. The van der Waals surface area contributed by atoms with E-state index < -0.39 is 6.04 Å². The van der Waals surface area contributed by atoms with E-state index >= 15 is 0 Å². The highest BCUT2D eigenvalue weighted by atomic mass is 32.1. The summed E-state index contributed by atoms with van der Waals surface area (Å²) in [6.45, 7) is -0.0184. The Hall–Kier alpha value is -3.39. The van der Waals surface area contributed by atoms with Crippen LogP contribution in [0.4, 0.5) is 0 Å². The summed E-state index contributed by atoms with van der Waals surface area (Å²) >= 11 is 1.30. The van der Waals surface area contributed by atoms with Crippen LogP contribution in [-0.4, -0.2) is 35.2 Å². The average Bonchev–Trinajstić information content (AvgIpc) is 3.61. The van der Waals surface area contributed by atoms with Crippen LogP contribution < -0.4 is 10.6 Å². The van der Waals surface area contributed by atoms with Gasteiger partial charge in [-0.2, -0.15) is 0 Å². The third-order valence-electron chi connectivity index (χ3n) is 5.74. The molecule has 0 aliphatic heterocycles. The quantitative estimate of drug-likeness (QED) is 0.501. The maximum atomic E-state index is 13.4. The van der Waals surface area contributed by atoms with Crippen LogP contribution in [0.3, 0.4) is 0 Å². The van der Waals surface area contributed by atoms with Crippen LogP contribution in [0.15, 0.2) is 70.7 Å². The zero-order valence-electron chi connectivity index (χ0n) is 18.2. The molecule has 1 fully saturated rings. The number of carbonyl (C=O) groups excluding carboxylic acids is 3. The molecule has 0 unspecified atom stereocenters. The molecule has 0 saturated heterocycles. The molecule has 0 spiro atoms. The molecule has 1 aliphatic rings.